The third kappa shape index (κ3) is 6.50. The average molecular weight is 571 g/mol. The van der Waals surface area contributed by atoms with Crippen molar-refractivity contribution < 1.29 is 21.6 Å². The lowest BCUT2D eigenvalue weighted by molar-refractivity contribution is -0.116. The number of rotatable bonds is 8. The highest BCUT2D eigenvalue weighted by Crippen LogP contribution is 2.31. The fourth-order valence-corrected chi connectivity index (χ4v) is 6.27. The molecular weight excluding hydrogens is 545 g/mol. The Morgan fingerprint density at radius 3 is 2.06 bits per heavy atom. The zero-order chi connectivity index (χ0) is 26.8. The summed E-state index contributed by atoms with van der Waals surface area (Å²) >= 11 is 12.0. The highest BCUT2D eigenvalue weighted by Gasteiger charge is 2.29. The molecule has 0 radical (unpaired) electrons. The van der Waals surface area contributed by atoms with Crippen molar-refractivity contribution in [1.82, 2.24) is 0 Å². The first-order valence-corrected chi connectivity index (χ1v) is 14.7. The van der Waals surface area contributed by atoms with E-state index in [1.165, 1.54) is 43.3 Å². The lowest BCUT2D eigenvalue weighted by atomic mass is 10.1. The van der Waals surface area contributed by atoms with Crippen LogP contribution in [-0.2, 0) is 24.8 Å². The highest BCUT2D eigenvalue weighted by molar-refractivity contribution is 7.92. The summed E-state index contributed by atoms with van der Waals surface area (Å²) < 4.78 is 54.0. The zero-order valence-corrected chi connectivity index (χ0v) is 23.1. The molecule has 8 nitrogen and oxygen atoms in total. The van der Waals surface area contributed by atoms with Gasteiger partial charge in [-0.05, 0) is 80.4 Å². The van der Waals surface area contributed by atoms with Crippen LogP contribution in [0.4, 0.5) is 17.1 Å². The van der Waals surface area contributed by atoms with E-state index in [9.17, 15) is 21.6 Å². The maximum absolute atomic E-state index is 13.0. The molecule has 3 aromatic rings. The van der Waals surface area contributed by atoms with Crippen LogP contribution in [0.3, 0.4) is 0 Å². The Labute approximate surface area is 221 Å². The molecule has 2 N–H and O–H groups in total. The Balaban J connectivity index is 1.80. The fraction of sp³-hybridized carbons (Fsp3) is 0.208. The van der Waals surface area contributed by atoms with Crippen molar-refractivity contribution in [3.63, 3.8) is 0 Å². The van der Waals surface area contributed by atoms with Gasteiger partial charge in [0.2, 0.25) is 15.9 Å². The summed E-state index contributed by atoms with van der Waals surface area (Å²) in [5.74, 6) is -0.584. The van der Waals surface area contributed by atoms with Crippen LogP contribution in [0.2, 0.25) is 10.0 Å². The van der Waals surface area contributed by atoms with Crippen LogP contribution in [0.25, 0.3) is 0 Å². The lowest BCUT2D eigenvalue weighted by Gasteiger charge is -2.28. The molecule has 3 aromatic carbocycles. The van der Waals surface area contributed by atoms with Crippen molar-refractivity contribution in [1.29, 1.82) is 0 Å². The van der Waals surface area contributed by atoms with Crippen LogP contribution < -0.4 is 14.3 Å². The number of carbonyl (C=O) groups is 1. The van der Waals surface area contributed by atoms with Gasteiger partial charge in [-0.2, -0.15) is 0 Å². The van der Waals surface area contributed by atoms with Gasteiger partial charge in [-0.1, -0.05) is 35.3 Å². The molecule has 0 unspecified atom stereocenters. The van der Waals surface area contributed by atoms with E-state index in [4.69, 9.17) is 23.2 Å². The smallest absolute Gasteiger partial charge is 0.261 e. The molecule has 1 atom stereocenters. The standard InChI is InChI=1S/C24H25Cl2N3O5S2/c1-15-12-16(2)14-19(13-15)29(35(4,31)32)17(3)24(30)27-18-8-10-20(11-9-18)36(33,34)28-22-7-5-6-21(25)23(22)26/h5-14,17,28H,1-4H3,(H,27,30)/t17-/m0/s1. The van der Waals surface area contributed by atoms with Crippen LogP contribution in [0.15, 0.2) is 65.6 Å². The molecule has 0 aliphatic rings. The number of halogens is 2. The van der Waals surface area contributed by atoms with Crippen molar-refractivity contribution in [2.45, 2.75) is 31.7 Å². The van der Waals surface area contributed by atoms with Crippen LogP contribution in [0, 0.1) is 13.8 Å². The Hall–Kier alpha value is -2.79. The molecule has 0 aliphatic carbocycles. The van der Waals surface area contributed by atoms with Crippen molar-refractivity contribution >= 4 is 66.2 Å². The summed E-state index contributed by atoms with van der Waals surface area (Å²) in [6.45, 7) is 5.16. The van der Waals surface area contributed by atoms with Gasteiger partial charge in [-0.25, -0.2) is 16.8 Å². The van der Waals surface area contributed by atoms with Gasteiger partial charge in [-0.3, -0.25) is 13.8 Å². The predicted molar refractivity (Wildman–Crippen MR) is 145 cm³/mol. The number of amides is 1. The monoisotopic (exact) mass is 569 g/mol. The van der Waals surface area contributed by atoms with Gasteiger partial charge < -0.3 is 5.32 Å². The molecule has 0 fully saturated rings. The quantitative estimate of drug-likeness (QED) is 0.387. The SMILES string of the molecule is Cc1cc(C)cc(N([C@@H](C)C(=O)Nc2ccc(S(=O)(=O)Nc3cccc(Cl)c3Cl)cc2)S(C)(=O)=O)c1. The zero-order valence-electron chi connectivity index (χ0n) is 19.9. The summed E-state index contributed by atoms with van der Waals surface area (Å²) in [7, 11) is -7.77. The first kappa shape index (κ1) is 27.8. The molecule has 36 heavy (non-hydrogen) atoms. The van der Waals surface area contributed by atoms with Gasteiger partial charge in [0.1, 0.15) is 6.04 Å². The third-order valence-corrected chi connectivity index (χ3v) is 8.62. The number of hydrogen-bond donors (Lipinski definition) is 2. The number of nitrogens with zero attached hydrogens (tertiary/aromatic N) is 1. The summed E-state index contributed by atoms with van der Waals surface area (Å²) in [5.41, 5.74) is 2.51. The highest BCUT2D eigenvalue weighted by atomic mass is 35.5. The maximum Gasteiger partial charge on any atom is 0.261 e. The molecule has 192 valence electrons. The molecule has 3 rings (SSSR count). The number of benzene rings is 3. The van der Waals surface area contributed by atoms with E-state index in [0.29, 0.717) is 11.4 Å². The topological polar surface area (TPSA) is 113 Å². The number of sulfonamides is 2. The van der Waals surface area contributed by atoms with Crippen molar-refractivity contribution in [2.75, 3.05) is 20.6 Å². The van der Waals surface area contributed by atoms with Gasteiger partial charge >= 0.3 is 0 Å². The second kappa shape index (κ2) is 10.7. The minimum atomic E-state index is -3.98. The van der Waals surface area contributed by atoms with Crippen LogP contribution in [-0.4, -0.2) is 35.0 Å². The average Bonchev–Trinajstić information content (AvgIpc) is 2.75. The van der Waals surface area contributed by atoms with Crippen LogP contribution in [0.1, 0.15) is 18.1 Å². The molecule has 12 heteroatoms. The summed E-state index contributed by atoms with van der Waals surface area (Å²) in [5, 5.41) is 2.91. The Kier molecular flexibility index (Phi) is 8.24. The van der Waals surface area contributed by atoms with E-state index in [1.54, 1.807) is 18.2 Å². The Morgan fingerprint density at radius 1 is 0.917 bits per heavy atom. The van der Waals surface area contributed by atoms with E-state index in [0.717, 1.165) is 21.7 Å². The third-order valence-electron chi connectivity index (χ3n) is 5.18. The minimum Gasteiger partial charge on any atom is -0.324 e. The van der Waals surface area contributed by atoms with Crippen molar-refractivity contribution in [2.24, 2.45) is 0 Å². The molecule has 1 amide bonds. The van der Waals surface area contributed by atoms with E-state index >= 15 is 0 Å². The number of nitrogens with one attached hydrogen (secondary N) is 2. The van der Waals surface area contributed by atoms with Gasteiger partial charge in [0, 0.05) is 5.69 Å². The fourth-order valence-electron chi connectivity index (χ4n) is 3.64. The van der Waals surface area contributed by atoms with Crippen LogP contribution in [0.5, 0.6) is 0 Å². The molecule has 0 aliphatic heterocycles. The Morgan fingerprint density at radius 2 is 1.50 bits per heavy atom. The van der Waals surface area contributed by atoms with Crippen LogP contribution >= 0.6 is 23.2 Å². The minimum absolute atomic E-state index is 0.0693. The number of anilines is 3. The van der Waals surface area contributed by atoms with Gasteiger partial charge in [0.15, 0.2) is 0 Å². The molecule has 0 aromatic heterocycles. The van der Waals surface area contributed by atoms with Gasteiger partial charge in [-0.15, -0.1) is 0 Å². The van der Waals surface area contributed by atoms with E-state index in [1.807, 2.05) is 19.9 Å². The lowest BCUT2D eigenvalue weighted by Crippen LogP contribution is -2.45. The number of aryl methyl sites for hydroxylation is 2. The van der Waals surface area contributed by atoms with E-state index in [-0.39, 0.29) is 20.6 Å². The second-order valence-electron chi connectivity index (χ2n) is 8.30. The number of hydrogen-bond acceptors (Lipinski definition) is 5. The largest absolute Gasteiger partial charge is 0.324 e. The van der Waals surface area contributed by atoms with Gasteiger partial charge in [0.05, 0.1) is 32.6 Å². The summed E-state index contributed by atoms with van der Waals surface area (Å²) in [6, 6.07) is 14.2. The molecule has 0 heterocycles. The van der Waals surface area contributed by atoms with Gasteiger partial charge in [0.25, 0.3) is 10.0 Å². The maximum atomic E-state index is 13.0. The predicted octanol–water partition coefficient (Wildman–Crippen LogP) is 5.20. The molecule has 0 spiro atoms. The van der Waals surface area contributed by atoms with E-state index in [2.05, 4.69) is 10.0 Å². The Bertz CT molecular complexity index is 1490. The first-order valence-electron chi connectivity index (χ1n) is 10.6. The summed E-state index contributed by atoms with van der Waals surface area (Å²) in [4.78, 5) is 12.9. The first-order chi connectivity index (χ1) is 16.7. The number of carbonyl (C=O) groups excluding carboxylic acids is 1. The molecule has 0 bridgehead atoms. The normalized spacial score (nSPS) is 12.6. The summed E-state index contributed by atoms with van der Waals surface area (Å²) in [6.07, 6.45) is 1.03. The molecule has 0 saturated heterocycles. The van der Waals surface area contributed by atoms with E-state index < -0.39 is 32.0 Å². The molecular formula is C24H25Cl2N3O5S2. The van der Waals surface area contributed by atoms with Crippen molar-refractivity contribution in [3.8, 4) is 0 Å². The molecule has 0 saturated carbocycles. The second-order valence-corrected chi connectivity index (χ2v) is 12.6. The van der Waals surface area contributed by atoms with Crippen molar-refractivity contribution in [3.05, 3.63) is 81.8 Å².